The molecule has 3 aromatic rings. The average Bonchev–Trinajstić information content (AvgIpc) is 2.75. The predicted octanol–water partition coefficient (Wildman–Crippen LogP) is 3.81. The van der Waals surface area contributed by atoms with E-state index in [1.54, 1.807) is 6.20 Å². The Balaban J connectivity index is 1.44. The maximum atomic E-state index is 12.9. The Labute approximate surface area is 183 Å². The van der Waals surface area contributed by atoms with Crippen LogP contribution in [0.5, 0.6) is 0 Å². The van der Waals surface area contributed by atoms with Crippen molar-refractivity contribution in [2.75, 3.05) is 36.4 Å². The Hall–Kier alpha value is -3.48. The predicted molar refractivity (Wildman–Crippen MR) is 123 cm³/mol. The molecule has 1 N–H and O–H groups in total. The molecular weight excluding hydrogens is 388 g/mol. The van der Waals surface area contributed by atoms with Gasteiger partial charge in [0.2, 0.25) is 0 Å². The molecule has 0 bridgehead atoms. The van der Waals surface area contributed by atoms with Crippen molar-refractivity contribution in [1.82, 2.24) is 19.9 Å². The van der Waals surface area contributed by atoms with E-state index >= 15 is 0 Å². The number of benzene rings is 1. The highest BCUT2D eigenvalue weighted by Crippen LogP contribution is 2.21. The fourth-order valence-electron chi connectivity index (χ4n) is 3.71. The maximum Gasteiger partial charge on any atom is 0.253 e. The Kier molecular flexibility index (Phi) is 5.84. The molecule has 0 atom stereocenters. The highest BCUT2D eigenvalue weighted by Gasteiger charge is 2.23. The number of amides is 1. The van der Waals surface area contributed by atoms with Crippen molar-refractivity contribution < 1.29 is 4.79 Å². The van der Waals surface area contributed by atoms with Crippen LogP contribution in [0.25, 0.3) is 0 Å². The fraction of sp³-hybridized carbons (Fsp3) is 0.333. The van der Waals surface area contributed by atoms with E-state index < -0.39 is 0 Å². The fourth-order valence-corrected chi connectivity index (χ4v) is 3.71. The lowest BCUT2D eigenvalue weighted by atomic mass is 10.1. The number of anilines is 3. The van der Waals surface area contributed by atoms with E-state index in [0.29, 0.717) is 24.7 Å². The van der Waals surface area contributed by atoms with Gasteiger partial charge >= 0.3 is 0 Å². The molecular formula is C24H28N6O. The monoisotopic (exact) mass is 416 g/mol. The molecule has 0 unspecified atom stereocenters. The standard InChI is InChI=1S/C24H28N6O/c1-16-7-8-25-21(13-16)28-22-15-23(27-19(4)26-22)29-9-11-30(12-10-29)24(31)20-6-5-17(2)18(3)14-20/h5-8,13-15H,9-12H2,1-4H3,(H,25,26,27,28). The third-order valence-corrected chi connectivity index (χ3v) is 5.64. The van der Waals surface area contributed by atoms with Crippen molar-refractivity contribution in [2.24, 2.45) is 0 Å². The lowest BCUT2D eigenvalue weighted by Crippen LogP contribution is -2.49. The number of piperazine rings is 1. The minimum atomic E-state index is 0.0921. The highest BCUT2D eigenvalue weighted by molar-refractivity contribution is 5.94. The molecule has 31 heavy (non-hydrogen) atoms. The van der Waals surface area contributed by atoms with Crippen molar-refractivity contribution in [3.8, 4) is 0 Å². The second kappa shape index (κ2) is 8.71. The SMILES string of the molecule is Cc1ccnc(Nc2cc(N3CCN(C(=O)c4ccc(C)c(C)c4)CC3)nc(C)n2)c1. The number of hydrogen-bond donors (Lipinski definition) is 1. The molecule has 7 nitrogen and oxygen atoms in total. The van der Waals surface area contributed by atoms with Gasteiger partial charge in [-0.3, -0.25) is 4.79 Å². The zero-order valence-corrected chi connectivity index (χ0v) is 18.5. The molecule has 0 spiro atoms. The van der Waals surface area contributed by atoms with Crippen LogP contribution in [0.15, 0.2) is 42.6 Å². The van der Waals surface area contributed by atoms with E-state index in [0.717, 1.165) is 41.4 Å². The summed E-state index contributed by atoms with van der Waals surface area (Å²) in [6.45, 7) is 10.8. The van der Waals surface area contributed by atoms with E-state index in [4.69, 9.17) is 0 Å². The summed E-state index contributed by atoms with van der Waals surface area (Å²) in [5.74, 6) is 3.12. The van der Waals surface area contributed by atoms with Crippen molar-refractivity contribution >= 4 is 23.4 Å². The van der Waals surface area contributed by atoms with Gasteiger partial charge in [0, 0.05) is 44.0 Å². The summed E-state index contributed by atoms with van der Waals surface area (Å²) in [6, 6.07) is 11.8. The number of aromatic nitrogens is 3. The van der Waals surface area contributed by atoms with Gasteiger partial charge < -0.3 is 15.1 Å². The molecule has 1 aliphatic rings. The number of aryl methyl sites for hydroxylation is 4. The molecule has 1 amide bonds. The summed E-state index contributed by atoms with van der Waals surface area (Å²) in [5.41, 5.74) is 4.23. The van der Waals surface area contributed by atoms with Gasteiger partial charge in [0.15, 0.2) is 0 Å². The Morgan fingerprint density at radius 1 is 0.871 bits per heavy atom. The maximum absolute atomic E-state index is 12.9. The van der Waals surface area contributed by atoms with Crippen LogP contribution in [0.2, 0.25) is 0 Å². The van der Waals surface area contributed by atoms with Crippen LogP contribution >= 0.6 is 0 Å². The molecule has 0 radical (unpaired) electrons. The van der Waals surface area contributed by atoms with Crippen LogP contribution in [-0.4, -0.2) is 51.9 Å². The number of hydrogen-bond acceptors (Lipinski definition) is 6. The van der Waals surface area contributed by atoms with Gasteiger partial charge in [0.1, 0.15) is 23.3 Å². The molecule has 0 aliphatic carbocycles. The van der Waals surface area contributed by atoms with Crippen molar-refractivity contribution in [2.45, 2.75) is 27.7 Å². The average molecular weight is 417 g/mol. The molecule has 1 fully saturated rings. The smallest absolute Gasteiger partial charge is 0.253 e. The zero-order chi connectivity index (χ0) is 22.0. The van der Waals surface area contributed by atoms with Gasteiger partial charge in [-0.2, -0.15) is 0 Å². The topological polar surface area (TPSA) is 74.2 Å². The molecule has 1 saturated heterocycles. The Morgan fingerprint density at radius 3 is 2.35 bits per heavy atom. The minimum absolute atomic E-state index is 0.0921. The van der Waals surface area contributed by atoms with Gasteiger partial charge in [-0.1, -0.05) is 6.07 Å². The molecule has 0 saturated carbocycles. The Bertz CT molecular complexity index is 1100. The summed E-state index contributed by atoms with van der Waals surface area (Å²) in [6.07, 6.45) is 1.78. The van der Waals surface area contributed by atoms with Crippen molar-refractivity contribution in [1.29, 1.82) is 0 Å². The van der Waals surface area contributed by atoms with Crippen LogP contribution in [0.4, 0.5) is 17.5 Å². The third kappa shape index (κ3) is 4.82. The summed E-state index contributed by atoms with van der Waals surface area (Å²) in [7, 11) is 0. The lowest BCUT2D eigenvalue weighted by Gasteiger charge is -2.35. The molecule has 3 heterocycles. The molecule has 1 aromatic carbocycles. The summed E-state index contributed by atoms with van der Waals surface area (Å²) < 4.78 is 0. The first kappa shape index (κ1) is 20.8. The first-order valence-electron chi connectivity index (χ1n) is 10.6. The normalized spacial score (nSPS) is 13.9. The number of pyridine rings is 1. The van der Waals surface area contributed by atoms with E-state index in [-0.39, 0.29) is 5.91 Å². The second-order valence-electron chi connectivity index (χ2n) is 8.08. The lowest BCUT2D eigenvalue weighted by molar-refractivity contribution is 0.0746. The van der Waals surface area contributed by atoms with Crippen molar-refractivity contribution in [3.05, 3.63) is 70.7 Å². The first-order chi connectivity index (χ1) is 14.9. The van der Waals surface area contributed by atoms with Crippen LogP contribution in [0.1, 0.15) is 32.9 Å². The zero-order valence-electron chi connectivity index (χ0n) is 18.5. The quantitative estimate of drug-likeness (QED) is 0.697. The number of carbonyl (C=O) groups excluding carboxylic acids is 1. The van der Waals surface area contributed by atoms with E-state index in [1.165, 1.54) is 5.56 Å². The number of rotatable bonds is 4. The first-order valence-corrected chi connectivity index (χ1v) is 10.6. The second-order valence-corrected chi connectivity index (χ2v) is 8.08. The van der Waals surface area contributed by atoms with Crippen LogP contribution in [-0.2, 0) is 0 Å². The van der Waals surface area contributed by atoms with Gasteiger partial charge in [-0.05, 0) is 68.7 Å². The number of nitrogens with zero attached hydrogens (tertiary/aromatic N) is 5. The summed E-state index contributed by atoms with van der Waals surface area (Å²) >= 11 is 0. The van der Waals surface area contributed by atoms with Crippen LogP contribution in [0.3, 0.4) is 0 Å². The van der Waals surface area contributed by atoms with E-state index in [2.05, 4.69) is 32.1 Å². The number of carbonyl (C=O) groups is 1. The third-order valence-electron chi connectivity index (χ3n) is 5.64. The van der Waals surface area contributed by atoms with Crippen LogP contribution in [0, 0.1) is 27.7 Å². The van der Waals surface area contributed by atoms with Crippen molar-refractivity contribution in [3.63, 3.8) is 0 Å². The van der Waals surface area contributed by atoms with Gasteiger partial charge in [-0.25, -0.2) is 15.0 Å². The summed E-state index contributed by atoms with van der Waals surface area (Å²) in [5, 5.41) is 3.27. The summed E-state index contributed by atoms with van der Waals surface area (Å²) in [4.78, 5) is 30.5. The molecule has 7 heteroatoms. The highest BCUT2D eigenvalue weighted by atomic mass is 16.2. The Morgan fingerprint density at radius 2 is 1.65 bits per heavy atom. The molecule has 1 aliphatic heterocycles. The molecule has 4 rings (SSSR count). The van der Waals surface area contributed by atoms with E-state index in [1.807, 2.05) is 62.1 Å². The number of nitrogens with one attached hydrogen (secondary N) is 1. The molecule has 160 valence electrons. The molecule has 2 aromatic heterocycles. The largest absolute Gasteiger partial charge is 0.353 e. The van der Waals surface area contributed by atoms with E-state index in [9.17, 15) is 4.79 Å². The van der Waals surface area contributed by atoms with Gasteiger partial charge in [0.05, 0.1) is 0 Å². The van der Waals surface area contributed by atoms with Gasteiger partial charge in [-0.15, -0.1) is 0 Å². The van der Waals surface area contributed by atoms with Gasteiger partial charge in [0.25, 0.3) is 5.91 Å². The minimum Gasteiger partial charge on any atom is -0.353 e. The van der Waals surface area contributed by atoms with Crippen LogP contribution < -0.4 is 10.2 Å².